The van der Waals surface area contributed by atoms with Crippen molar-refractivity contribution >= 4 is 32.1 Å². The Kier molecular flexibility index (Phi) is 34.7. The number of ketones is 2. The molecule has 4 bridgehead atoms. The van der Waals surface area contributed by atoms with Crippen molar-refractivity contribution in [2.24, 2.45) is 47.3 Å². The fraction of sp³-hybridized carbons (Fsp3) is 0.765. The first-order valence-corrected chi connectivity index (χ1v) is 50.7. The van der Waals surface area contributed by atoms with Gasteiger partial charge in [-0.25, -0.2) is 0 Å². The summed E-state index contributed by atoms with van der Waals surface area (Å²) < 4.78 is 128. The first-order chi connectivity index (χ1) is 62.7. The SMILES string of the molecule is CO[C@H]1C[C@H](O[C@H]2[C@H](C)O[C@@H](O[C@@H]3/C(C)=C/C[C@@H]4C[C@@H](C[C@]5(C=C[C@H](C)[C@@H](C6CCCCC6)O5)O4)OC(=O)[C@@H]4C=C(C)C(=O)[C@H]5OC/C(=C\C=C\[C@@H]3C)[C@]54O)C[C@@H]2OC)O[C@@H](C)[C@@H]1O.CO[C@H]1C[C@H](O[C@H]2[C@H](C)O[C@@H](O[C@@H]3/C(C)=C/C[C@@H]4C[C@@H](C[C@]5(C=C[C@H](C)[C@@H](C6CCCCC6)O5)O4)OC(=O)[C@@H]4C=C(C)C(=O)[C@H]5OC/C(=C\C=C\[C@@H]3C)[C@]54O)C[C@@H]2OC)O[C@@H](C)[C@@H]1O.CPC. The molecule has 0 aromatic rings. The lowest BCUT2D eigenvalue weighted by atomic mass is 9.71. The van der Waals surface area contributed by atoms with E-state index in [9.17, 15) is 39.6 Å². The molecular formula is C102H151O28P. The fourth-order valence-electron chi connectivity index (χ4n) is 23.1. The number of Topliss-reactive ketones (excluding diaryl/α,β-unsaturated/α-hetero) is 2. The van der Waals surface area contributed by atoms with E-state index in [1.165, 1.54) is 50.7 Å². The van der Waals surface area contributed by atoms with Gasteiger partial charge in [-0.05, 0) is 165 Å². The molecule has 8 saturated heterocycles. The zero-order chi connectivity index (χ0) is 93.7. The molecule has 2 saturated carbocycles. The Hall–Kier alpha value is -4.77. The molecule has 12 heterocycles. The second-order valence-corrected chi connectivity index (χ2v) is 41.1. The van der Waals surface area contributed by atoms with Crippen LogP contribution in [0.15, 0.2) is 119 Å². The molecule has 16 aliphatic rings. The Morgan fingerprint density at radius 2 is 0.779 bits per heavy atom. The quantitative estimate of drug-likeness (QED) is 0.0713. The summed E-state index contributed by atoms with van der Waals surface area (Å²) in [6.07, 6.45) is 28.6. The molecule has 0 aromatic heterocycles. The summed E-state index contributed by atoms with van der Waals surface area (Å²) in [4.78, 5) is 55.8. The van der Waals surface area contributed by atoms with Crippen LogP contribution in [0, 0.1) is 47.3 Å². The van der Waals surface area contributed by atoms with Crippen molar-refractivity contribution in [3.63, 3.8) is 0 Å². The van der Waals surface area contributed by atoms with Crippen molar-refractivity contribution in [3.8, 4) is 0 Å². The summed E-state index contributed by atoms with van der Waals surface area (Å²) in [7, 11) is 7.52. The third-order valence-electron chi connectivity index (χ3n) is 30.5. The van der Waals surface area contributed by atoms with Crippen LogP contribution in [0.4, 0.5) is 0 Å². The first-order valence-electron chi connectivity index (χ1n) is 48.7. The molecule has 0 unspecified atom stereocenters. The summed E-state index contributed by atoms with van der Waals surface area (Å²) in [6.45, 7) is 27.6. The molecule has 4 N–H and O–H groups in total. The van der Waals surface area contributed by atoms with Crippen LogP contribution in [0.3, 0.4) is 0 Å². The number of ether oxygens (including phenoxy) is 20. The minimum Gasteiger partial charge on any atom is -0.462 e. The number of carbonyl (C=O) groups excluding carboxylic acids is 4. The number of allylic oxidation sites excluding steroid dienone is 4. The molecule has 4 aliphatic carbocycles. The average Bonchev–Trinajstić information content (AvgIpc) is 1.58. The van der Waals surface area contributed by atoms with Gasteiger partial charge < -0.3 is 115 Å². The van der Waals surface area contributed by atoms with Crippen molar-refractivity contribution in [2.75, 3.05) is 55.0 Å². The van der Waals surface area contributed by atoms with E-state index in [2.05, 4.69) is 65.3 Å². The summed E-state index contributed by atoms with van der Waals surface area (Å²) in [5.41, 5.74) is -0.400. The largest absolute Gasteiger partial charge is 0.462 e. The monoisotopic (exact) mass is 1860 g/mol. The second kappa shape index (κ2) is 44.6. The number of aliphatic hydroxyl groups excluding tert-OH is 2. The highest BCUT2D eigenvalue weighted by molar-refractivity contribution is 7.35. The van der Waals surface area contributed by atoms with E-state index in [1.807, 2.05) is 64.2 Å². The minimum atomic E-state index is -1.93. The van der Waals surface area contributed by atoms with Crippen LogP contribution in [-0.4, -0.2) is 281 Å². The van der Waals surface area contributed by atoms with Gasteiger partial charge in [0.2, 0.25) is 0 Å². The first kappa shape index (κ1) is 102. The van der Waals surface area contributed by atoms with Crippen molar-refractivity contribution in [3.05, 3.63) is 119 Å². The maximum atomic E-state index is 14.4. The highest BCUT2D eigenvalue weighted by Gasteiger charge is 2.63. The van der Waals surface area contributed by atoms with Gasteiger partial charge in [-0.3, -0.25) is 19.2 Å². The van der Waals surface area contributed by atoms with Gasteiger partial charge in [0.25, 0.3) is 0 Å². The predicted molar refractivity (Wildman–Crippen MR) is 487 cm³/mol. The molecule has 0 aromatic carbocycles. The summed E-state index contributed by atoms with van der Waals surface area (Å²) in [6, 6.07) is 0. The Labute approximate surface area is 777 Å². The third-order valence-corrected chi connectivity index (χ3v) is 30.5. The number of carbonyl (C=O) groups is 4. The van der Waals surface area contributed by atoms with E-state index in [1.54, 1.807) is 68.3 Å². The molecular weight excluding hydrogens is 1700 g/mol. The number of fused-ring (bicyclic) bond motifs is 4. The summed E-state index contributed by atoms with van der Waals surface area (Å²) in [5.74, 6) is -5.66. The average molecular weight is 1860 g/mol. The Bertz CT molecular complexity index is 3960. The summed E-state index contributed by atoms with van der Waals surface area (Å²) in [5, 5.41) is 46.1. The molecule has 28 nitrogen and oxygen atoms in total. The molecule has 131 heavy (non-hydrogen) atoms. The Morgan fingerprint density at radius 3 is 1.15 bits per heavy atom. The van der Waals surface area contributed by atoms with Crippen LogP contribution in [0.1, 0.15) is 212 Å². The van der Waals surface area contributed by atoms with Gasteiger partial charge in [-0.2, -0.15) is 0 Å². The zero-order valence-electron chi connectivity index (χ0n) is 80.4. The predicted octanol–water partition coefficient (Wildman–Crippen LogP) is 13.2. The maximum absolute atomic E-state index is 14.4. The zero-order valence-corrected chi connectivity index (χ0v) is 81.4. The van der Waals surface area contributed by atoms with Crippen molar-refractivity contribution in [1.82, 2.24) is 0 Å². The number of hydrogen-bond acceptors (Lipinski definition) is 28. The van der Waals surface area contributed by atoms with E-state index in [0.717, 1.165) is 45.4 Å². The molecule has 0 amide bonds. The number of aliphatic hydroxyl groups is 4. The Morgan fingerprint density at radius 1 is 0.427 bits per heavy atom. The number of esters is 2. The highest BCUT2D eigenvalue weighted by atomic mass is 31.1. The molecule has 732 valence electrons. The van der Waals surface area contributed by atoms with Crippen LogP contribution in [0.2, 0.25) is 0 Å². The van der Waals surface area contributed by atoms with Gasteiger partial charge in [0.1, 0.15) is 59.7 Å². The van der Waals surface area contributed by atoms with E-state index < -0.39 is 169 Å². The summed E-state index contributed by atoms with van der Waals surface area (Å²) >= 11 is 0. The molecule has 16 rings (SSSR count). The number of methoxy groups -OCH3 is 4. The molecule has 29 heteroatoms. The molecule has 10 fully saturated rings. The van der Waals surface area contributed by atoms with Gasteiger partial charge in [0.05, 0.1) is 98.7 Å². The highest BCUT2D eigenvalue weighted by Crippen LogP contribution is 2.51. The van der Waals surface area contributed by atoms with Crippen molar-refractivity contribution in [2.45, 2.75) is 394 Å². The molecule has 36 atom stereocenters. The van der Waals surface area contributed by atoms with Gasteiger partial charge >= 0.3 is 11.9 Å². The van der Waals surface area contributed by atoms with E-state index in [0.29, 0.717) is 98.3 Å². The third kappa shape index (κ3) is 22.7. The second-order valence-electron chi connectivity index (χ2n) is 40.1. The fourth-order valence-corrected chi connectivity index (χ4v) is 23.1. The lowest BCUT2D eigenvalue weighted by Gasteiger charge is -2.49. The minimum absolute atomic E-state index is 0.0236. The van der Waals surface area contributed by atoms with Crippen LogP contribution >= 0.6 is 8.58 Å². The topological polar surface area (TPSA) is 334 Å². The van der Waals surface area contributed by atoms with Crippen molar-refractivity contribution in [1.29, 1.82) is 0 Å². The van der Waals surface area contributed by atoms with Gasteiger partial charge in [0, 0.05) is 103 Å². The molecule has 2 spiro atoms. The van der Waals surface area contributed by atoms with E-state index in [-0.39, 0.29) is 85.1 Å². The van der Waals surface area contributed by atoms with Crippen molar-refractivity contribution < 1.29 is 134 Å². The Balaban J connectivity index is 0.000000205. The van der Waals surface area contributed by atoms with Gasteiger partial charge in [-0.1, -0.05) is 139 Å². The smallest absolute Gasteiger partial charge is 0.316 e. The van der Waals surface area contributed by atoms with Crippen LogP contribution < -0.4 is 0 Å². The van der Waals surface area contributed by atoms with Crippen LogP contribution in [0.25, 0.3) is 0 Å². The van der Waals surface area contributed by atoms with Crippen LogP contribution in [-0.2, 0) is 114 Å². The van der Waals surface area contributed by atoms with E-state index >= 15 is 0 Å². The standard InChI is InChI=1S/2C50H72O14.C2H7P/c2*1-27-13-12-16-34-26-57-47-42(51)30(4)21-37(50(34,47)54)48(53)60-36-22-35(63-49(25-36)20-19-29(3)45(64-49)33-14-10-9-11-15-33)18-17-28(2)44(27)61-41-24-39(56-8)46(32(6)59-41)62-40-23-38(55-7)43(52)31(5)58-40;1-3-2/h2*12-13,16-17,19-21,27,29,31-33,35-41,43-47,52,54H,9-11,14-15,18,22-26H2,1-8H3;3H,1-2H3/b2*13-12+,28-17+,34-16+;/t2*27-,29-,31-,32-,35+,36-,37-,38-,39-,40-,41-,43-,44-,45-,46-,47+,49+,50+;/m00./s1. The normalized spacial score (nSPS) is 47.1. The lowest BCUT2D eigenvalue weighted by molar-refractivity contribution is -0.318. The van der Waals surface area contributed by atoms with Gasteiger partial charge in [-0.15, -0.1) is 8.58 Å². The van der Waals surface area contributed by atoms with Crippen LogP contribution in [0.5, 0.6) is 0 Å². The molecule has 12 aliphatic heterocycles. The van der Waals surface area contributed by atoms with Gasteiger partial charge in [0.15, 0.2) is 60.5 Å². The molecule has 0 radical (unpaired) electrons. The number of rotatable bonds is 14. The lowest BCUT2D eigenvalue weighted by Crippen LogP contribution is -2.57. The number of hydrogen-bond donors (Lipinski definition) is 4. The van der Waals surface area contributed by atoms with E-state index in [4.69, 9.17) is 94.7 Å². The maximum Gasteiger partial charge on any atom is 0.316 e.